The van der Waals surface area contributed by atoms with Crippen molar-refractivity contribution < 1.29 is 4.39 Å². The van der Waals surface area contributed by atoms with Gasteiger partial charge in [-0.1, -0.05) is 13.3 Å². The fraction of sp³-hybridized carbons (Fsp3) is 0.267. The molecule has 3 N–H and O–H groups in total. The maximum Gasteiger partial charge on any atom is 0.224 e. The van der Waals surface area contributed by atoms with Gasteiger partial charge in [0.1, 0.15) is 11.6 Å². The van der Waals surface area contributed by atoms with Crippen LogP contribution in [-0.2, 0) is 0 Å². The molecule has 0 aliphatic rings. The van der Waals surface area contributed by atoms with Crippen LogP contribution in [0.15, 0.2) is 30.5 Å². The molecule has 2 heterocycles. The van der Waals surface area contributed by atoms with Gasteiger partial charge in [0, 0.05) is 18.4 Å². The number of fused-ring (bicyclic) bond motifs is 1. The predicted octanol–water partition coefficient (Wildman–Crippen LogP) is 3.45. The Balaban J connectivity index is 1.78. The topological polar surface area (TPSA) is 78.5 Å². The van der Waals surface area contributed by atoms with Crippen molar-refractivity contribution in [2.45, 2.75) is 19.8 Å². The Hall–Kier alpha value is -2.70. The summed E-state index contributed by atoms with van der Waals surface area (Å²) in [5.41, 5.74) is 1.34. The number of hydrogen-bond donors (Lipinski definition) is 3. The van der Waals surface area contributed by atoms with Gasteiger partial charge in [0.25, 0.3) is 0 Å². The lowest BCUT2D eigenvalue weighted by Gasteiger charge is -2.04. The molecular weight excluding hydrogens is 283 g/mol. The van der Waals surface area contributed by atoms with E-state index in [4.69, 9.17) is 0 Å². The van der Waals surface area contributed by atoms with Crippen molar-refractivity contribution in [2.24, 2.45) is 0 Å². The van der Waals surface area contributed by atoms with E-state index in [1.807, 2.05) is 0 Å². The summed E-state index contributed by atoms with van der Waals surface area (Å²) in [7, 11) is 0. The number of H-pyrrole nitrogens is 1. The number of benzene rings is 1. The fourth-order valence-electron chi connectivity index (χ4n) is 2.04. The van der Waals surface area contributed by atoms with Crippen LogP contribution >= 0.6 is 0 Å². The summed E-state index contributed by atoms with van der Waals surface area (Å²) >= 11 is 0. The van der Waals surface area contributed by atoms with Crippen LogP contribution < -0.4 is 10.6 Å². The second-order valence-corrected chi connectivity index (χ2v) is 4.94. The second kappa shape index (κ2) is 6.38. The zero-order valence-electron chi connectivity index (χ0n) is 12.2. The molecule has 22 heavy (non-hydrogen) atoms. The van der Waals surface area contributed by atoms with Gasteiger partial charge in [-0.05, 0) is 30.7 Å². The minimum atomic E-state index is -0.272. The van der Waals surface area contributed by atoms with Crippen molar-refractivity contribution in [2.75, 3.05) is 17.2 Å². The lowest BCUT2D eigenvalue weighted by molar-refractivity contribution is 0.628. The molecule has 0 fully saturated rings. The fourth-order valence-corrected chi connectivity index (χ4v) is 2.04. The van der Waals surface area contributed by atoms with Gasteiger partial charge in [-0.15, -0.1) is 0 Å². The predicted molar refractivity (Wildman–Crippen MR) is 84.8 cm³/mol. The van der Waals surface area contributed by atoms with Crippen molar-refractivity contribution in [3.63, 3.8) is 0 Å². The molecular formula is C15H17FN6. The Kier molecular flexibility index (Phi) is 4.13. The summed E-state index contributed by atoms with van der Waals surface area (Å²) < 4.78 is 12.9. The zero-order chi connectivity index (χ0) is 15.4. The largest absolute Gasteiger partial charge is 0.354 e. The summed E-state index contributed by atoms with van der Waals surface area (Å²) in [6, 6.07) is 6.10. The molecule has 0 bridgehead atoms. The number of unbranched alkanes of at least 4 members (excludes halogenated alkanes) is 1. The zero-order valence-corrected chi connectivity index (χ0v) is 12.2. The van der Waals surface area contributed by atoms with E-state index in [9.17, 15) is 4.39 Å². The van der Waals surface area contributed by atoms with Gasteiger partial charge in [-0.2, -0.15) is 10.1 Å². The Bertz CT molecular complexity index is 752. The van der Waals surface area contributed by atoms with Gasteiger partial charge >= 0.3 is 0 Å². The Labute approximate surface area is 127 Å². The normalized spacial score (nSPS) is 10.8. The summed E-state index contributed by atoms with van der Waals surface area (Å²) in [6.07, 6.45) is 3.90. The first-order valence-corrected chi connectivity index (χ1v) is 7.24. The van der Waals surface area contributed by atoms with Gasteiger partial charge in [-0.3, -0.25) is 5.10 Å². The molecule has 6 nitrogen and oxygen atoms in total. The molecule has 0 saturated carbocycles. The van der Waals surface area contributed by atoms with E-state index < -0.39 is 0 Å². The van der Waals surface area contributed by atoms with E-state index >= 15 is 0 Å². The monoisotopic (exact) mass is 300 g/mol. The van der Waals surface area contributed by atoms with Gasteiger partial charge in [0.05, 0.1) is 5.39 Å². The first kappa shape index (κ1) is 14.2. The van der Waals surface area contributed by atoms with Crippen molar-refractivity contribution >= 4 is 28.5 Å². The molecule has 0 aliphatic heterocycles. The van der Waals surface area contributed by atoms with E-state index in [1.165, 1.54) is 12.1 Å². The highest BCUT2D eigenvalue weighted by Gasteiger charge is 2.08. The van der Waals surface area contributed by atoms with Gasteiger partial charge in [-0.25, -0.2) is 9.37 Å². The molecule has 2 aromatic heterocycles. The van der Waals surface area contributed by atoms with E-state index in [-0.39, 0.29) is 5.82 Å². The smallest absolute Gasteiger partial charge is 0.224 e. The van der Waals surface area contributed by atoms with Crippen LogP contribution in [-0.4, -0.2) is 26.7 Å². The van der Waals surface area contributed by atoms with Crippen molar-refractivity contribution in [3.05, 3.63) is 36.3 Å². The number of nitrogens with zero attached hydrogens (tertiary/aromatic N) is 3. The molecule has 114 valence electrons. The number of hydrogen-bond acceptors (Lipinski definition) is 5. The Morgan fingerprint density at radius 1 is 1.23 bits per heavy atom. The number of aromatic nitrogens is 4. The van der Waals surface area contributed by atoms with E-state index in [2.05, 4.69) is 37.7 Å². The van der Waals surface area contributed by atoms with Crippen LogP contribution in [0.4, 0.5) is 21.8 Å². The van der Waals surface area contributed by atoms with Crippen LogP contribution in [0.5, 0.6) is 0 Å². The lowest BCUT2D eigenvalue weighted by Crippen LogP contribution is -2.04. The highest BCUT2D eigenvalue weighted by Crippen LogP contribution is 2.23. The van der Waals surface area contributed by atoms with Crippen LogP contribution in [0.3, 0.4) is 0 Å². The van der Waals surface area contributed by atoms with Gasteiger partial charge in [0.15, 0.2) is 5.65 Å². The van der Waals surface area contributed by atoms with Crippen molar-refractivity contribution in [3.8, 4) is 0 Å². The maximum absolute atomic E-state index is 12.9. The van der Waals surface area contributed by atoms with Crippen LogP contribution in [0, 0.1) is 5.82 Å². The number of rotatable bonds is 6. The molecule has 0 saturated heterocycles. The number of halogens is 1. The summed E-state index contributed by atoms with van der Waals surface area (Å²) in [6.45, 7) is 2.97. The van der Waals surface area contributed by atoms with Crippen LogP contribution in [0.2, 0.25) is 0 Å². The third-order valence-corrected chi connectivity index (χ3v) is 3.24. The molecule has 0 radical (unpaired) electrons. The lowest BCUT2D eigenvalue weighted by atomic mass is 10.3. The molecule has 0 amide bonds. The molecule has 0 atom stereocenters. The Morgan fingerprint density at radius 3 is 2.82 bits per heavy atom. The van der Waals surface area contributed by atoms with Crippen LogP contribution in [0.25, 0.3) is 11.0 Å². The summed E-state index contributed by atoms with van der Waals surface area (Å²) in [5, 5.41) is 14.1. The van der Waals surface area contributed by atoms with Gasteiger partial charge < -0.3 is 10.6 Å². The second-order valence-electron chi connectivity index (χ2n) is 4.94. The SMILES string of the molecule is CCCCNc1ncc2c(Nc3ccc(F)cc3)[nH]nc2n1. The average Bonchev–Trinajstić information content (AvgIpc) is 2.92. The molecule has 0 aliphatic carbocycles. The number of anilines is 3. The molecule has 3 rings (SSSR count). The number of aromatic amines is 1. The minimum absolute atomic E-state index is 0.272. The molecule has 0 unspecified atom stereocenters. The number of nitrogens with one attached hydrogen (secondary N) is 3. The summed E-state index contributed by atoms with van der Waals surface area (Å²) in [5.74, 6) is 0.980. The first-order chi connectivity index (χ1) is 10.8. The van der Waals surface area contributed by atoms with Gasteiger partial charge in [0.2, 0.25) is 5.95 Å². The van der Waals surface area contributed by atoms with Crippen molar-refractivity contribution in [1.82, 2.24) is 20.2 Å². The molecule has 7 heteroatoms. The standard InChI is InChI=1S/C15H17FN6/c1-2-3-8-17-15-18-9-12-13(21-22-14(12)20-15)19-11-6-4-10(16)5-7-11/h4-7,9H,2-3,8H2,1H3,(H3,17,18,19,20,21,22). The third kappa shape index (κ3) is 3.13. The van der Waals surface area contributed by atoms with E-state index in [0.29, 0.717) is 17.4 Å². The highest BCUT2D eigenvalue weighted by molar-refractivity contribution is 5.88. The molecule has 3 aromatic rings. The van der Waals surface area contributed by atoms with Crippen LogP contribution in [0.1, 0.15) is 19.8 Å². The maximum atomic E-state index is 12.9. The summed E-state index contributed by atoms with van der Waals surface area (Å²) in [4.78, 5) is 8.64. The minimum Gasteiger partial charge on any atom is -0.354 e. The van der Waals surface area contributed by atoms with E-state index in [1.54, 1.807) is 18.3 Å². The molecule has 0 spiro atoms. The Morgan fingerprint density at radius 2 is 2.05 bits per heavy atom. The van der Waals surface area contributed by atoms with E-state index in [0.717, 1.165) is 30.5 Å². The molecule has 1 aromatic carbocycles. The first-order valence-electron chi connectivity index (χ1n) is 7.24. The average molecular weight is 300 g/mol. The third-order valence-electron chi connectivity index (χ3n) is 3.24. The quantitative estimate of drug-likeness (QED) is 0.608. The van der Waals surface area contributed by atoms with Crippen molar-refractivity contribution in [1.29, 1.82) is 0 Å². The highest BCUT2D eigenvalue weighted by atomic mass is 19.1.